The first-order valence-electron chi connectivity index (χ1n) is 5.91. The number of nitrogens with zero attached hydrogens (tertiary/aromatic N) is 1. The summed E-state index contributed by atoms with van der Waals surface area (Å²) in [6, 6.07) is 7.56. The number of rotatable bonds is 6. The highest BCUT2D eigenvalue weighted by molar-refractivity contribution is 5.99. The number of carbonyl (C=O) groups excluding carboxylic acids is 1. The van der Waals surface area contributed by atoms with E-state index in [4.69, 9.17) is 0 Å². The summed E-state index contributed by atoms with van der Waals surface area (Å²) in [7, 11) is 3.97. The lowest BCUT2D eigenvalue weighted by atomic mass is 10.1. The van der Waals surface area contributed by atoms with E-state index in [1.54, 1.807) is 0 Å². The second kappa shape index (κ2) is 6.91. The van der Waals surface area contributed by atoms with E-state index in [0.717, 1.165) is 18.8 Å². The Labute approximate surface area is 103 Å². The average molecular weight is 235 g/mol. The number of nitrogens with one attached hydrogen (secondary N) is 2. The van der Waals surface area contributed by atoms with Crippen LogP contribution in [0.3, 0.4) is 0 Å². The minimum atomic E-state index is -0.0246. The van der Waals surface area contributed by atoms with Crippen LogP contribution in [0.25, 0.3) is 0 Å². The van der Waals surface area contributed by atoms with Crippen molar-refractivity contribution in [3.63, 3.8) is 0 Å². The fourth-order valence-corrected chi connectivity index (χ4v) is 1.51. The molecule has 1 amide bonds. The number of anilines is 1. The van der Waals surface area contributed by atoms with Crippen LogP contribution in [0.5, 0.6) is 0 Å². The molecule has 0 fully saturated rings. The molecular weight excluding hydrogens is 214 g/mol. The van der Waals surface area contributed by atoms with Crippen LogP contribution < -0.4 is 10.6 Å². The summed E-state index contributed by atoms with van der Waals surface area (Å²) in [5.74, 6) is -0.0246. The van der Waals surface area contributed by atoms with Gasteiger partial charge in [-0.2, -0.15) is 0 Å². The second-order valence-electron chi connectivity index (χ2n) is 4.14. The van der Waals surface area contributed by atoms with Crippen LogP contribution in [-0.2, 0) is 0 Å². The van der Waals surface area contributed by atoms with Crippen LogP contribution in [0, 0.1) is 0 Å². The molecule has 0 heterocycles. The third kappa shape index (κ3) is 4.44. The molecule has 0 bridgehead atoms. The quantitative estimate of drug-likeness (QED) is 0.783. The smallest absolute Gasteiger partial charge is 0.253 e. The summed E-state index contributed by atoms with van der Waals surface area (Å²) in [6.45, 7) is 4.32. The molecule has 1 aromatic rings. The largest absolute Gasteiger partial charge is 0.385 e. The van der Waals surface area contributed by atoms with Gasteiger partial charge in [0.1, 0.15) is 0 Å². The molecule has 17 heavy (non-hydrogen) atoms. The van der Waals surface area contributed by atoms with Gasteiger partial charge >= 0.3 is 0 Å². The predicted molar refractivity (Wildman–Crippen MR) is 71.5 cm³/mol. The van der Waals surface area contributed by atoms with E-state index in [2.05, 4.69) is 10.6 Å². The number of hydrogen-bond acceptors (Lipinski definition) is 3. The number of para-hydroxylation sites is 1. The van der Waals surface area contributed by atoms with Crippen molar-refractivity contribution < 1.29 is 4.79 Å². The zero-order valence-electron chi connectivity index (χ0n) is 10.8. The zero-order valence-corrected chi connectivity index (χ0v) is 10.8. The third-order valence-electron chi connectivity index (χ3n) is 2.38. The first kappa shape index (κ1) is 13.5. The predicted octanol–water partition coefficient (Wildman–Crippen LogP) is 1.41. The van der Waals surface area contributed by atoms with Gasteiger partial charge < -0.3 is 15.5 Å². The minimum absolute atomic E-state index is 0.0246. The number of benzene rings is 1. The fourth-order valence-electron chi connectivity index (χ4n) is 1.51. The van der Waals surface area contributed by atoms with E-state index in [1.807, 2.05) is 50.2 Å². The van der Waals surface area contributed by atoms with Crippen LogP contribution in [0.1, 0.15) is 17.3 Å². The standard InChI is InChI=1S/C13H21N3O/c1-4-14-12-8-6-5-7-11(12)13(17)15-9-10-16(2)3/h5-8,14H,4,9-10H2,1-3H3,(H,15,17). The van der Waals surface area contributed by atoms with Gasteiger partial charge in [0.05, 0.1) is 5.56 Å². The Morgan fingerprint density at radius 2 is 2.00 bits per heavy atom. The molecule has 4 heteroatoms. The van der Waals surface area contributed by atoms with Crippen molar-refractivity contribution in [1.82, 2.24) is 10.2 Å². The van der Waals surface area contributed by atoms with Crippen molar-refractivity contribution in [3.8, 4) is 0 Å². The molecule has 0 saturated heterocycles. The zero-order chi connectivity index (χ0) is 12.7. The molecule has 2 N–H and O–H groups in total. The molecule has 0 saturated carbocycles. The van der Waals surface area contributed by atoms with Gasteiger partial charge in [0.2, 0.25) is 0 Å². The molecular formula is C13H21N3O. The van der Waals surface area contributed by atoms with Crippen LogP contribution in [0.4, 0.5) is 5.69 Å². The second-order valence-corrected chi connectivity index (χ2v) is 4.14. The molecule has 0 aliphatic carbocycles. The average Bonchev–Trinajstić information content (AvgIpc) is 2.29. The lowest BCUT2D eigenvalue weighted by Gasteiger charge is -2.13. The van der Waals surface area contributed by atoms with Gasteiger partial charge in [-0.15, -0.1) is 0 Å². The molecule has 0 aliphatic rings. The van der Waals surface area contributed by atoms with Gasteiger partial charge in [-0.25, -0.2) is 0 Å². The van der Waals surface area contributed by atoms with Gasteiger partial charge in [0, 0.05) is 25.3 Å². The first-order chi connectivity index (χ1) is 8.15. The molecule has 0 unspecified atom stereocenters. The minimum Gasteiger partial charge on any atom is -0.385 e. The Morgan fingerprint density at radius 1 is 1.29 bits per heavy atom. The van der Waals surface area contributed by atoms with E-state index in [1.165, 1.54) is 0 Å². The Bertz CT molecular complexity index is 363. The third-order valence-corrected chi connectivity index (χ3v) is 2.38. The summed E-state index contributed by atoms with van der Waals surface area (Å²) in [5.41, 5.74) is 1.59. The SMILES string of the molecule is CCNc1ccccc1C(=O)NCCN(C)C. The lowest BCUT2D eigenvalue weighted by Crippen LogP contribution is -2.31. The highest BCUT2D eigenvalue weighted by Crippen LogP contribution is 2.14. The van der Waals surface area contributed by atoms with Crippen molar-refractivity contribution in [2.24, 2.45) is 0 Å². The highest BCUT2D eigenvalue weighted by atomic mass is 16.1. The van der Waals surface area contributed by atoms with Crippen molar-refractivity contribution in [3.05, 3.63) is 29.8 Å². The van der Waals surface area contributed by atoms with Gasteiger partial charge in [0.15, 0.2) is 0 Å². The fraction of sp³-hybridized carbons (Fsp3) is 0.462. The molecule has 94 valence electrons. The molecule has 0 aliphatic heterocycles. The Balaban J connectivity index is 2.61. The molecule has 0 radical (unpaired) electrons. The Hall–Kier alpha value is -1.55. The van der Waals surface area contributed by atoms with Crippen molar-refractivity contribution in [2.75, 3.05) is 39.0 Å². The van der Waals surface area contributed by atoms with Crippen LogP contribution in [0.2, 0.25) is 0 Å². The maximum absolute atomic E-state index is 12.0. The van der Waals surface area contributed by atoms with Crippen LogP contribution >= 0.6 is 0 Å². The van der Waals surface area contributed by atoms with Gasteiger partial charge in [-0.05, 0) is 33.2 Å². The summed E-state index contributed by atoms with van der Waals surface area (Å²) in [6.07, 6.45) is 0. The van der Waals surface area contributed by atoms with E-state index < -0.39 is 0 Å². The number of carbonyl (C=O) groups is 1. The first-order valence-corrected chi connectivity index (χ1v) is 5.91. The molecule has 1 rings (SSSR count). The topological polar surface area (TPSA) is 44.4 Å². The van der Waals surface area contributed by atoms with E-state index in [-0.39, 0.29) is 5.91 Å². The monoisotopic (exact) mass is 235 g/mol. The van der Waals surface area contributed by atoms with Crippen LogP contribution in [-0.4, -0.2) is 44.5 Å². The molecule has 0 spiro atoms. The van der Waals surface area contributed by atoms with Crippen LogP contribution in [0.15, 0.2) is 24.3 Å². The van der Waals surface area contributed by atoms with Gasteiger partial charge in [-0.1, -0.05) is 12.1 Å². The number of likely N-dealkylation sites (N-methyl/N-ethyl adjacent to an activating group) is 1. The Morgan fingerprint density at radius 3 is 2.65 bits per heavy atom. The summed E-state index contributed by atoms with van der Waals surface area (Å²) in [5, 5.41) is 6.09. The van der Waals surface area contributed by atoms with Gasteiger partial charge in [0.25, 0.3) is 5.91 Å². The van der Waals surface area contributed by atoms with E-state index in [0.29, 0.717) is 12.1 Å². The van der Waals surface area contributed by atoms with Crippen molar-refractivity contribution in [2.45, 2.75) is 6.92 Å². The summed E-state index contributed by atoms with van der Waals surface area (Å²) in [4.78, 5) is 14.0. The maximum atomic E-state index is 12.0. The van der Waals surface area contributed by atoms with Gasteiger partial charge in [-0.3, -0.25) is 4.79 Å². The molecule has 4 nitrogen and oxygen atoms in total. The van der Waals surface area contributed by atoms with Crippen molar-refractivity contribution >= 4 is 11.6 Å². The highest BCUT2D eigenvalue weighted by Gasteiger charge is 2.09. The van der Waals surface area contributed by atoms with E-state index >= 15 is 0 Å². The lowest BCUT2D eigenvalue weighted by molar-refractivity contribution is 0.0952. The normalized spacial score (nSPS) is 10.4. The van der Waals surface area contributed by atoms with E-state index in [9.17, 15) is 4.79 Å². The molecule has 0 aromatic heterocycles. The molecule has 1 aromatic carbocycles. The molecule has 0 atom stereocenters. The van der Waals surface area contributed by atoms with Crippen molar-refractivity contribution in [1.29, 1.82) is 0 Å². The number of hydrogen-bond donors (Lipinski definition) is 2. The Kier molecular flexibility index (Phi) is 5.49. The maximum Gasteiger partial charge on any atom is 0.253 e. The summed E-state index contributed by atoms with van der Waals surface area (Å²) >= 11 is 0. The summed E-state index contributed by atoms with van der Waals surface area (Å²) < 4.78 is 0. The number of amides is 1.